The van der Waals surface area contributed by atoms with Crippen molar-refractivity contribution in [2.24, 2.45) is 7.05 Å². The molecule has 5 nitrogen and oxygen atoms in total. The number of rotatable bonds is 3. The Bertz CT molecular complexity index is 1180. The molecule has 140 valence electrons. The van der Waals surface area contributed by atoms with E-state index in [2.05, 4.69) is 10.3 Å². The maximum Gasteiger partial charge on any atom is 0.261 e. The molecule has 0 saturated heterocycles. The van der Waals surface area contributed by atoms with Gasteiger partial charge in [-0.1, -0.05) is 29.3 Å². The number of hydrogen-bond acceptors (Lipinski definition) is 3. The minimum absolute atomic E-state index is 0.211. The molecule has 0 aliphatic rings. The van der Waals surface area contributed by atoms with Crippen molar-refractivity contribution in [1.29, 1.82) is 0 Å². The Morgan fingerprint density at radius 1 is 1.15 bits per heavy atom. The molecule has 1 heterocycles. The van der Waals surface area contributed by atoms with Gasteiger partial charge >= 0.3 is 0 Å². The minimum Gasteiger partial charge on any atom is -0.343 e. The van der Waals surface area contributed by atoms with Crippen LogP contribution in [0.2, 0.25) is 10.0 Å². The second-order valence-electron chi connectivity index (χ2n) is 6.76. The number of hydrogen-bond donors (Lipinski definition) is 2. The number of benzene rings is 2. The maximum atomic E-state index is 12.8. The first kappa shape index (κ1) is 19.6. The van der Waals surface area contributed by atoms with Crippen molar-refractivity contribution < 1.29 is 4.79 Å². The van der Waals surface area contributed by atoms with Crippen LogP contribution in [0.15, 0.2) is 41.2 Å². The Morgan fingerprint density at radius 2 is 1.85 bits per heavy atom. The molecule has 0 unspecified atom stereocenters. The summed E-state index contributed by atoms with van der Waals surface area (Å²) >= 11 is 17.2. The first-order valence-electron chi connectivity index (χ1n) is 8.11. The van der Waals surface area contributed by atoms with Crippen LogP contribution in [0.5, 0.6) is 0 Å². The molecule has 0 aliphatic carbocycles. The van der Waals surface area contributed by atoms with Gasteiger partial charge in [-0.05, 0) is 62.0 Å². The molecule has 0 spiro atoms. The van der Waals surface area contributed by atoms with Crippen LogP contribution < -0.4 is 10.9 Å². The van der Waals surface area contributed by atoms with Crippen molar-refractivity contribution in [1.82, 2.24) is 14.9 Å². The molecule has 0 fully saturated rings. The minimum atomic E-state index is -0.681. The van der Waals surface area contributed by atoms with Crippen LogP contribution in [0, 0.1) is 4.77 Å². The summed E-state index contributed by atoms with van der Waals surface area (Å²) in [4.78, 5) is 28.0. The maximum absolute atomic E-state index is 12.8. The number of carbonyl (C=O) groups is 1. The molecule has 3 rings (SSSR count). The molecule has 8 heteroatoms. The van der Waals surface area contributed by atoms with E-state index in [1.165, 1.54) is 4.57 Å². The summed E-state index contributed by atoms with van der Waals surface area (Å²) in [6.07, 6.45) is 0. The molecule has 1 aromatic heterocycles. The first-order chi connectivity index (χ1) is 12.6. The zero-order valence-electron chi connectivity index (χ0n) is 14.9. The predicted octanol–water partition coefficient (Wildman–Crippen LogP) is 4.57. The normalized spacial score (nSPS) is 11.6. The fraction of sp³-hybridized carbons (Fsp3) is 0.211. The molecule has 1 amide bonds. The van der Waals surface area contributed by atoms with E-state index in [-0.39, 0.29) is 11.5 Å². The van der Waals surface area contributed by atoms with Crippen LogP contribution in [0.4, 0.5) is 0 Å². The largest absolute Gasteiger partial charge is 0.343 e. The van der Waals surface area contributed by atoms with Gasteiger partial charge in [0.2, 0.25) is 0 Å². The average molecular weight is 422 g/mol. The Balaban J connectivity index is 1.95. The molecule has 0 atom stereocenters. The second-order valence-corrected chi connectivity index (χ2v) is 7.96. The number of aromatic nitrogens is 2. The fourth-order valence-corrected chi connectivity index (χ4v) is 3.25. The number of nitrogens with zero attached hydrogens (tertiary/aromatic N) is 1. The van der Waals surface area contributed by atoms with E-state index in [0.717, 1.165) is 5.56 Å². The van der Waals surface area contributed by atoms with Gasteiger partial charge in [-0.2, -0.15) is 0 Å². The monoisotopic (exact) mass is 421 g/mol. The van der Waals surface area contributed by atoms with Crippen LogP contribution in [0.25, 0.3) is 10.9 Å². The molecule has 0 bridgehead atoms. The molecular formula is C19H17Cl2N3O2S. The average Bonchev–Trinajstić information content (AvgIpc) is 2.61. The zero-order valence-corrected chi connectivity index (χ0v) is 17.2. The van der Waals surface area contributed by atoms with Crippen LogP contribution in [0.3, 0.4) is 0 Å². The third-order valence-corrected chi connectivity index (χ3v) is 5.55. The molecule has 0 saturated carbocycles. The van der Waals surface area contributed by atoms with Gasteiger partial charge < -0.3 is 10.3 Å². The van der Waals surface area contributed by atoms with E-state index in [9.17, 15) is 9.59 Å². The van der Waals surface area contributed by atoms with Crippen molar-refractivity contribution in [3.63, 3.8) is 0 Å². The summed E-state index contributed by atoms with van der Waals surface area (Å²) in [5.41, 5.74) is 0.855. The van der Waals surface area contributed by atoms with Gasteiger partial charge in [0.15, 0.2) is 4.77 Å². The molecule has 2 N–H and O–H groups in total. The van der Waals surface area contributed by atoms with Gasteiger partial charge in [0, 0.05) is 12.6 Å². The number of nitrogens with one attached hydrogen (secondary N) is 2. The molecule has 3 aromatic rings. The van der Waals surface area contributed by atoms with Gasteiger partial charge in [-0.3, -0.25) is 14.2 Å². The lowest BCUT2D eigenvalue weighted by Crippen LogP contribution is -2.41. The lowest BCUT2D eigenvalue weighted by Gasteiger charge is -2.27. The predicted molar refractivity (Wildman–Crippen MR) is 111 cm³/mol. The standard InChI is InChI=1S/C19H17Cl2N3O2S/c1-19(2,11-5-7-13(20)14(21)9-11)23-16(25)10-4-6-12-15(8-10)22-18(27)24(3)17(12)26/h4-9H,1-3H3,(H,22,27)(H,23,25). The molecular weight excluding hydrogens is 405 g/mol. The van der Waals surface area contributed by atoms with E-state index in [1.807, 2.05) is 19.9 Å². The van der Waals surface area contributed by atoms with Crippen LogP contribution in [0.1, 0.15) is 29.8 Å². The summed E-state index contributed by atoms with van der Waals surface area (Å²) in [6.45, 7) is 3.74. The number of fused-ring (bicyclic) bond motifs is 1. The lowest BCUT2D eigenvalue weighted by atomic mass is 9.94. The SMILES string of the molecule is Cn1c(=S)[nH]c2cc(C(=O)NC(C)(C)c3ccc(Cl)c(Cl)c3)ccc2c1=O. The number of carbonyl (C=O) groups excluding carboxylic acids is 1. The van der Waals surface area contributed by atoms with Gasteiger partial charge in [0.25, 0.3) is 11.5 Å². The van der Waals surface area contributed by atoms with Crippen LogP contribution >= 0.6 is 35.4 Å². The van der Waals surface area contributed by atoms with Crippen LogP contribution in [-0.2, 0) is 12.6 Å². The summed E-state index contributed by atoms with van der Waals surface area (Å²) < 4.78 is 1.64. The number of H-pyrrole nitrogens is 1. The topological polar surface area (TPSA) is 66.9 Å². The zero-order chi connectivity index (χ0) is 19.9. The summed E-state index contributed by atoms with van der Waals surface area (Å²) in [6, 6.07) is 10.1. The van der Waals surface area contributed by atoms with E-state index in [0.29, 0.717) is 31.3 Å². The van der Waals surface area contributed by atoms with E-state index in [1.54, 1.807) is 37.4 Å². The van der Waals surface area contributed by atoms with Crippen molar-refractivity contribution in [3.8, 4) is 0 Å². The molecule has 27 heavy (non-hydrogen) atoms. The highest BCUT2D eigenvalue weighted by Gasteiger charge is 2.24. The highest BCUT2D eigenvalue weighted by atomic mass is 35.5. The van der Waals surface area contributed by atoms with Crippen LogP contribution in [-0.4, -0.2) is 15.5 Å². The summed E-state index contributed by atoms with van der Waals surface area (Å²) in [5, 5.41) is 4.32. The van der Waals surface area contributed by atoms with Gasteiger partial charge in [-0.25, -0.2) is 0 Å². The van der Waals surface area contributed by atoms with E-state index < -0.39 is 5.54 Å². The Hall–Kier alpha value is -2.15. The Morgan fingerprint density at radius 3 is 2.52 bits per heavy atom. The Kier molecular flexibility index (Phi) is 5.16. The quantitative estimate of drug-likeness (QED) is 0.608. The van der Waals surface area contributed by atoms with Crippen molar-refractivity contribution >= 4 is 52.2 Å². The summed E-state index contributed by atoms with van der Waals surface area (Å²) in [7, 11) is 1.60. The van der Waals surface area contributed by atoms with E-state index >= 15 is 0 Å². The number of halogens is 2. The summed E-state index contributed by atoms with van der Waals surface area (Å²) in [5.74, 6) is -0.284. The van der Waals surface area contributed by atoms with Gasteiger partial charge in [0.05, 0.1) is 26.5 Å². The second kappa shape index (κ2) is 7.11. The number of amides is 1. The van der Waals surface area contributed by atoms with Gasteiger partial charge in [-0.15, -0.1) is 0 Å². The number of aromatic amines is 1. The van der Waals surface area contributed by atoms with Crippen molar-refractivity contribution in [3.05, 3.63) is 72.7 Å². The highest BCUT2D eigenvalue weighted by Crippen LogP contribution is 2.28. The molecule has 2 aromatic carbocycles. The third kappa shape index (κ3) is 3.78. The fourth-order valence-electron chi connectivity index (χ4n) is 2.76. The lowest BCUT2D eigenvalue weighted by molar-refractivity contribution is 0.0912. The smallest absolute Gasteiger partial charge is 0.261 e. The van der Waals surface area contributed by atoms with Crippen molar-refractivity contribution in [2.75, 3.05) is 0 Å². The first-order valence-corrected chi connectivity index (χ1v) is 9.28. The molecule has 0 radical (unpaired) electrons. The third-order valence-electron chi connectivity index (χ3n) is 4.43. The highest BCUT2D eigenvalue weighted by molar-refractivity contribution is 7.71. The Labute approximate surface area is 170 Å². The van der Waals surface area contributed by atoms with E-state index in [4.69, 9.17) is 35.4 Å². The van der Waals surface area contributed by atoms with Crippen molar-refractivity contribution in [2.45, 2.75) is 19.4 Å². The molecule has 0 aliphatic heterocycles. The van der Waals surface area contributed by atoms with Gasteiger partial charge in [0.1, 0.15) is 0 Å².